The highest BCUT2D eigenvalue weighted by atomic mass is 32.1. The molecule has 0 radical (unpaired) electrons. The van der Waals surface area contributed by atoms with Crippen LogP contribution in [0.4, 0.5) is 9.59 Å². The van der Waals surface area contributed by atoms with Gasteiger partial charge in [-0.1, -0.05) is 46.5 Å². The van der Waals surface area contributed by atoms with E-state index in [0.717, 1.165) is 157 Å². The number of pyridine rings is 2. The zero-order chi connectivity index (χ0) is 68.8. The van der Waals surface area contributed by atoms with Gasteiger partial charge in [-0.25, -0.2) is 9.59 Å². The average molecular weight is 1330 g/mol. The normalized spacial score (nSPS) is 16.4. The molecule has 4 aromatic heterocycles. The molecule has 4 fully saturated rings. The van der Waals surface area contributed by atoms with Crippen molar-refractivity contribution in [3.63, 3.8) is 0 Å². The lowest BCUT2D eigenvalue weighted by Gasteiger charge is -2.29. The van der Waals surface area contributed by atoms with Crippen molar-refractivity contribution in [2.45, 2.75) is 143 Å². The molecule has 12 rings (SSSR count). The number of rotatable bonds is 16. The topological polar surface area (TPSA) is 214 Å². The predicted molar refractivity (Wildman–Crippen MR) is 392 cm³/mol. The van der Waals surface area contributed by atoms with Crippen molar-refractivity contribution in [2.24, 2.45) is 4.99 Å². The lowest BCUT2D eigenvalue weighted by atomic mass is 9.82. The first kappa shape index (κ1) is 70.8. The third-order valence-electron chi connectivity index (χ3n) is 19.3. The first-order valence-corrected chi connectivity index (χ1v) is 35.1. The van der Waals surface area contributed by atoms with Gasteiger partial charge in [-0.3, -0.25) is 35.2 Å². The molecule has 18 nitrogen and oxygen atoms in total. The molecular weight excluding hydrogens is 1230 g/mol. The van der Waals surface area contributed by atoms with E-state index in [1.54, 1.807) is 13.8 Å². The van der Waals surface area contributed by atoms with E-state index in [-0.39, 0.29) is 30.1 Å². The van der Waals surface area contributed by atoms with Crippen LogP contribution in [0.5, 0.6) is 0 Å². The Morgan fingerprint density at radius 3 is 1.51 bits per heavy atom. The maximum Gasteiger partial charge on any atom is 0.413 e. The van der Waals surface area contributed by atoms with Crippen molar-refractivity contribution >= 4 is 69.1 Å². The standard InChI is InChI=1S/C39H48N6O3.C30H38N4O3S.C9H12N2/c1-6-48-38(47)43-37(45-20-14-29(25-45)28-11-15-40-16-12-28)41-17-13-32-33-24-31(39(4,5)36(46)44-18-7-8-19-44)9-10-34(33)42-35(32)30-22-26(2)21-27(3)23-30;1-6-37-29(36)33-28(38)31-12-11-23-24-18-22(30(4,5)27(35)34-13-7-8-14-34)9-10-25(24)32-26(23)21-16-19(2)15-20(3)17-21;1-4-10-5-2-8(1)9-3-6-11-7-9/h9-12,15-16,21-24,29,42H,6-8,13-14,17-20,25H2,1-5H3,(H,41,43,47);9-10,15-18,32H,6-8,11-14H2,1-5H3,(H2,31,33,36,38);1-2,4-5,9,11H,3,6-7H2. The second kappa shape index (κ2) is 32.4. The number of carbonyl (C=O) groups is 4. The first-order chi connectivity index (χ1) is 46.7. The monoisotopic (exact) mass is 1330 g/mol. The second-order valence-electron chi connectivity index (χ2n) is 27.3. The van der Waals surface area contributed by atoms with Gasteiger partial charge in [0.15, 0.2) is 5.11 Å². The number of benzene rings is 4. The Kier molecular flexibility index (Phi) is 23.7. The number of amides is 4. The van der Waals surface area contributed by atoms with Crippen LogP contribution in [0.2, 0.25) is 0 Å². The number of hydrogen-bond donors (Lipinski definition) is 6. The minimum atomic E-state index is -0.650. The number of aromatic amines is 2. The third-order valence-corrected chi connectivity index (χ3v) is 19.5. The van der Waals surface area contributed by atoms with Gasteiger partial charge in [-0.15, -0.1) is 0 Å². The number of aromatic nitrogens is 4. The number of nitrogens with zero attached hydrogens (tertiary/aromatic N) is 6. The summed E-state index contributed by atoms with van der Waals surface area (Å²) in [5, 5.41) is 14.4. The van der Waals surface area contributed by atoms with Crippen LogP contribution in [0.3, 0.4) is 0 Å². The molecule has 6 N–H and O–H groups in total. The van der Waals surface area contributed by atoms with Gasteiger partial charge < -0.3 is 44.8 Å². The molecule has 8 heterocycles. The molecule has 4 amide bonds. The number of likely N-dealkylation sites (tertiary alicyclic amines) is 3. The molecule has 97 heavy (non-hydrogen) atoms. The molecule has 19 heteroatoms. The van der Waals surface area contributed by atoms with Crippen molar-refractivity contribution in [1.29, 1.82) is 0 Å². The fourth-order valence-electron chi connectivity index (χ4n) is 14.2. The summed E-state index contributed by atoms with van der Waals surface area (Å²) in [5.41, 5.74) is 16.9. The molecule has 0 spiro atoms. The molecule has 4 saturated heterocycles. The van der Waals surface area contributed by atoms with E-state index in [0.29, 0.717) is 37.8 Å². The molecule has 0 bridgehead atoms. The highest BCUT2D eigenvalue weighted by Gasteiger charge is 2.37. The van der Waals surface area contributed by atoms with Gasteiger partial charge in [0.25, 0.3) is 0 Å². The molecule has 512 valence electrons. The quantitative estimate of drug-likeness (QED) is 0.0303. The van der Waals surface area contributed by atoms with Crippen LogP contribution in [0.1, 0.15) is 148 Å². The molecular formula is C78H98N12O6S. The minimum absolute atomic E-state index is 0.179. The van der Waals surface area contributed by atoms with Crippen LogP contribution in [0.25, 0.3) is 44.3 Å². The maximum atomic E-state index is 13.7. The number of aliphatic imine (C=N–C) groups is 1. The van der Waals surface area contributed by atoms with Crippen LogP contribution in [-0.4, -0.2) is 148 Å². The number of H-pyrrole nitrogens is 2. The van der Waals surface area contributed by atoms with Crippen molar-refractivity contribution in [1.82, 2.24) is 55.9 Å². The van der Waals surface area contributed by atoms with E-state index < -0.39 is 23.0 Å². The Bertz CT molecular complexity index is 4050. The zero-order valence-electron chi connectivity index (χ0n) is 58.4. The molecule has 4 aromatic carbocycles. The number of hydrogen-bond acceptors (Lipinski definition) is 11. The summed E-state index contributed by atoms with van der Waals surface area (Å²) in [5.74, 6) is 1.95. The summed E-state index contributed by atoms with van der Waals surface area (Å²) in [6, 6.07) is 34.2. The summed E-state index contributed by atoms with van der Waals surface area (Å²) in [7, 11) is 0. The van der Waals surface area contributed by atoms with Crippen LogP contribution in [0, 0.1) is 27.7 Å². The number of thiocarbonyl (C=S) groups is 1. The Hall–Kier alpha value is -8.94. The molecule has 2 unspecified atom stereocenters. The number of carbonyl (C=O) groups excluding carboxylic acids is 4. The fourth-order valence-corrected chi connectivity index (χ4v) is 14.4. The minimum Gasteiger partial charge on any atom is -0.450 e. The van der Waals surface area contributed by atoms with Crippen molar-refractivity contribution in [2.75, 3.05) is 78.7 Å². The number of ether oxygens (including phenoxy) is 2. The average Bonchev–Trinajstić information content (AvgIpc) is 1.73. The summed E-state index contributed by atoms with van der Waals surface area (Å²) < 4.78 is 10.2. The van der Waals surface area contributed by atoms with Crippen molar-refractivity contribution in [3.8, 4) is 22.5 Å². The molecule has 8 aromatic rings. The largest absolute Gasteiger partial charge is 0.450 e. The Balaban J connectivity index is 0.000000185. The van der Waals surface area contributed by atoms with E-state index in [4.69, 9.17) is 26.7 Å². The molecule has 4 aliphatic rings. The van der Waals surface area contributed by atoms with Gasteiger partial charge in [0.1, 0.15) is 0 Å². The lowest BCUT2D eigenvalue weighted by molar-refractivity contribution is -0.135. The van der Waals surface area contributed by atoms with E-state index >= 15 is 0 Å². The Morgan fingerprint density at radius 1 is 0.577 bits per heavy atom. The fraction of sp³-hybridized carbons (Fsp3) is 0.436. The number of alkyl carbamates (subject to hydrolysis) is 2. The summed E-state index contributed by atoms with van der Waals surface area (Å²) >= 11 is 5.27. The molecule has 2 atom stereocenters. The summed E-state index contributed by atoms with van der Waals surface area (Å²) in [6.45, 7) is 28.8. The maximum absolute atomic E-state index is 13.7. The highest BCUT2D eigenvalue weighted by Crippen LogP contribution is 2.39. The van der Waals surface area contributed by atoms with Crippen molar-refractivity contribution in [3.05, 3.63) is 177 Å². The number of nitrogens with one attached hydrogen (secondary N) is 6. The van der Waals surface area contributed by atoms with E-state index in [2.05, 4.69) is 171 Å². The molecule has 0 saturated carbocycles. The van der Waals surface area contributed by atoms with Gasteiger partial charge in [0, 0.05) is 123 Å². The van der Waals surface area contributed by atoms with E-state index in [1.165, 1.54) is 39.8 Å². The zero-order valence-corrected chi connectivity index (χ0v) is 59.2. The van der Waals surface area contributed by atoms with Gasteiger partial charge in [0.05, 0.1) is 24.0 Å². The van der Waals surface area contributed by atoms with E-state index in [9.17, 15) is 19.2 Å². The van der Waals surface area contributed by atoms with Gasteiger partial charge in [0.2, 0.25) is 17.8 Å². The van der Waals surface area contributed by atoms with E-state index in [1.807, 2.05) is 62.3 Å². The van der Waals surface area contributed by atoms with Gasteiger partial charge in [-0.2, -0.15) is 0 Å². The molecule has 0 aliphatic carbocycles. The number of guanidine groups is 1. The number of fused-ring (bicyclic) bond motifs is 2. The molecule has 4 aliphatic heterocycles. The predicted octanol–water partition coefficient (Wildman–Crippen LogP) is 13.6. The van der Waals surface area contributed by atoms with Crippen LogP contribution in [-0.2, 0) is 42.7 Å². The Morgan fingerprint density at radius 2 is 1.04 bits per heavy atom. The van der Waals surface area contributed by atoms with Crippen LogP contribution in [0.15, 0.2) is 127 Å². The third kappa shape index (κ3) is 17.6. The van der Waals surface area contributed by atoms with Gasteiger partial charge in [-0.05, 0) is 263 Å². The van der Waals surface area contributed by atoms with Crippen LogP contribution >= 0.6 is 12.2 Å². The van der Waals surface area contributed by atoms with Crippen molar-refractivity contribution < 1.29 is 28.7 Å². The van der Waals surface area contributed by atoms with Crippen LogP contribution < -0.4 is 21.3 Å². The lowest BCUT2D eigenvalue weighted by Crippen LogP contribution is -2.43. The second-order valence-corrected chi connectivity index (χ2v) is 27.7. The SMILES string of the molecule is CCOC(=O)NC(=NCCc1c(-c2cc(C)cc(C)c2)[nH]c2ccc(C(C)(C)C(=O)N3CCCC3)cc12)N1CCC(c2ccncc2)C1.CCOC(=O)NC(=S)NCCc1c(-c2cc(C)cc(C)c2)[nH]c2ccc(C(C)(C)C(=O)N3CCCC3)cc12.c1cc(C2CCNC2)ccn1. The summed E-state index contributed by atoms with van der Waals surface area (Å²) in [4.78, 5) is 78.1. The smallest absolute Gasteiger partial charge is 0.413 e. The Labute approximate surface area is 577 Å². The summed E-state index contributed by atoms with van der Waals surface area (Å²) in [6.07, 6.45) is 14.1. The highest BCUT2D eigenvalue weighted by molar-refractivity contribution is 7.80. The first-order valence-electron chi connectivity index (χ1n) is 34.7. The van der Waals surface area contributed by atoms with Gasteiger partial charge >= 0.3 is 12.2 Å². The number of aryl methyl sites for hydroxylation is 4.